The highest BCUT2D eigenvalue weighted by atomic mass is 79.9. The van der Waals surface area contributed by atoms with E-state index >= 15 is 0 Å². The Morgan fingerprint density at radius 3 is 2.48 bits per heavy atom. The van der Waals surface area contributed by atoms with E-state index in [0.717, 1.165) is 14.7 Å². The van der Waals surface area contributed by atoms with Crippen molar-refractivity contribution in [2.45, 2.75) is 0 Å². The quantitative estimate of drug-likeness (QED) is 0.296. The van der Waals surface area contributed by atoms with Crippen molar-refractivity contribution in [3.63, 3.8) is 0 Å². The summed E-state index contributed by atoms with van der Waals surface area (Å²) in [5.74, 6) is -0.620. The third-order valence-corrected chi connectivity index (χ3v) is 5.97. The van der Waals surface area contributed by atoms with Crippen molar-refractivity contribution in [3.05, 3.63) is 88.5 Å². The minimum absolute atomic E-state index is 0.271. The molecule has 0 fully saturated rings. The van der Waals surface area contributed by atoms with E-state index in [4.69, 9.17) is 9.47 Å². The molecule has 0 bridgehead atoms. The smallest absolute Gasteiger partial charge is 0.352 e. The van der Waals surface area contributed by atoms with Crippen LogP contribution in [0.5, 0.6) is 16.7 Å². The van der Waals surface area contributed by atoms with Gasteiger partial charge < -0.3 is 19.9 Å². The van der Waals surface area contributed by atoms with Crippen molar-refractivity contribution in [1.82, 2.24) is 10.3 Å². The molecule has 33 heavy (non-hydrogen) atoms. The number of para-hydroxylation sites is 2. The van der Waals surface area contributed by atoms with Crippen LogP contribution < -0.4 is 14.8 Å². The van der Waals surface area contributed by atoms with Crippen LogP contribution in [0.15, 0.2) is 83.0 Å². The lowest BCUT2D eigenvalue weighted by molar-refractivity contribution is -0.134. The predicted octanol–water partition coefficient (Wildman–Crippen LogP) is 5.47. The summed E-state index contributed by atoms with van der Waals surface area (Å²) in [5, 5.41) is 12.2. The molecule has 166 valence electrons. The molecule has 9 heteroatoms. The summed E-state index contributed by atoms with van der Waals surface area (Å²) in [5.41, 5.74) is 1.09. The molecule has 4 aromatic rings. The first-order chi connectivity index (χ1) is 16.0. The summed E-state index contributed by atoms with van der Waals surface area (Å²) in [7, 11) is 0. The van der Waals surface area contributed by atoms with Gasteiger partial charge in [-0.1, -0.05) is 47.7 Å². The highest BCUT2D eigenvalue weighted by Crippen LogP contribution is 2.29. The molecule has 0 saturated heterocycles. The molecule has 1 heterocycles. The van der Waals surface area contributed by atoms with Crippen LogP contribution in [-0.4, -0.2) is 28.6 Å². The number of rotatable bonds is 8. The van der Waals surface area contributed by atoms with E-state index in [9.17, 15) is 14.7 Å². The number of fused-ring (bicyclic) bond motifs is 1. The average Bonchev–Trinajstić information content (AvgIpc) is 3.23. The molecule has 4 rings (SSSR count). The molecule has 1 aromatic heterocycles. The number of carboxylic acid groups (broad SMARTS) is 1. The van der Waals surface area contributed by atoms with Crippen molar-refractivity contribution >= 4 is 55.4 Å². The van der Waals surface area contributed by atoms with Crippen molar-refractivity contribution in [2.24, 2.45) is 0 Å². The maximum Gasteiger partial charge on any atom is 0.352 e. The Labute approximate surface area is 201 Å². The van der Waals surface area contributed by atoms with Gasteiger partial charge in [-0.15, -0.1) is 0 Å². The molecule has 0 spiro atoms. The first-order valence-electron chi connectivity index (χ1n) is 9.73. The van der Waals surface area contributed by atoms with E-state index in [1.807, 2.05) is 48.5 Å². The summed E-state index contributed by atoms with van der Waals surface area (Å²) in [6.07, 6.45) is 1.36. The molecule has 3 aromatic carbocycles. The summed E-state index contributed by atoms with van der Waals surface area (Å²) in [6.45, 7) is -0.358. The van der Waals surface area contributed by atoms with Gasteiger partial charge in [-0.3, -0.25) is 4.79 Å². The number of hydrogen-bond donors (Lipinski definition) is 2. The molecule has 0 aliphatic carbocycles. The van der Waals surface area contributed by atoms with Gasteiger partial charge in [-0.05, 0) is 64.0 Å². The van der Waals surface area contributed by atoms with Gasteiger partial charge in [0, 0.05) is 0 Å². The fourth-order valence-electron chi connectivity index (χ4n) is 2.83. The third-order valence-electron chi connectivity index (χ3n) is 4.36. The van der Waals surface area contributed by atoms with Crippen molar-refractivity contribution < 1.29 is 24.2 Å². The number of thiazole rings is 1. The molecular formula is C24H17BrN2O5S. The Morgan fingerprint density at radius 1 is 1.03 bits per heavy atom. The van der Waals surface area contributed by atoms with Crippen LogP contribution in [0, 0.1) is 0 Å². The summed E-state index contributed by atoms with van der Waals surface area (Å²) < 4.78 is 13.0. The maximum atomic E-state index is 12.2. The number of aromatic nitrogens is 1. The van der Waals surface area contributed by atoms with Gasteiger partial charge >= 0.3 is 5.97 Å². The van der Waals surface area contributed by atoms with E-state index in [1.54, 1.807) is 24.3 Å². The molecule has 0 atom stereocenters. The average molecular weight is 525 g/mol. The number of carbonyl (C=O) groups is 2. The van der Waals surface area contributed by atoms with Crippen LogP contribution in [0.1, 0.15) is 5.56 Å². The van der Waals surface area contributed by atoms with E-state index < -0.39 is 11.9 Å². The second-order valence-corrected chi connectivity index (χ2v) is 8.60. The van der Waals surface area contributed by atoms with Gasteiger partial charge in [0.2, 0.25) is 0 Å². The lowest BCUT2D eigenvalue weighted by atomic mass is 10.2. The van der Waals surface area contributed by atoms with Crippen LogP contribution in [0.25, 0.3) is 16.3 Å². The van der Waals surface area contributed by atoms with E-state index in [0.29, 0.717) is 22.3 Å². The second kappa shape index (κ2) is 10.3. The molecule has 1 amide bonds. The number of halogens is 1. The molecule has 0 unspecified atom stereocenters. The molecule has 0 radical (unpaired) electrons. The van der Waals surface area contributed by atoms with E-state index in [-0.39, 0.29) is 12.3 Å². The number of benzene rings is 3. The normalized spacial score (nSPS) is 11.2. The Bertz CT molecular complexity index is 1300. The summed E-state index contributed by atoms with van der Waals surface area (Å²) in [4.78, 5) is 28.1. The van der Waals surface area contributed by atoms with Crippen molar-refractivity contribution in [2.75, 3.05) is 6.61 Å². The molecule has 2 N–H and O–H groups in total. The number of aliphatic carboxylic acids is 1. The van der Waals surface area contributed by atoms with Crippen molar-refractivity contribution in [3.8, 4) is 16.7 Å². The first-order valence-corrected chi connectivity index (χ1v) is 11.3. The number of hydrogen-bond acceptors (Lipinski definition) is 6. The zero-order chi connectivity index (χ0) is 23.2. The Balaban J connectivity index is 1.38. The minimum Gasteiger partial charge on any atom is -0.477 e. The van der Waals surface area contributed by atoms with Crippen LogP contribution >= 0.6 is 27.3 Å². The highest BCUT2D eigenvalue weighted by Gasteiger charge is 2.14. The molecule has 0 aliphatic heterocycles. The van der Waals surface area contributed by atoms with Crippen molar-refractivity contribution in [1.29, 1.82) is 0 Å². The Kier molecular flexibility index (Phi) is 7.01. The highest BCUT2D eigenvalue weighted by molar-refractivity contribution is 9.10. The van der Waals surface area contributed by atoms with Crippen LogP contribution in [0.3, 0.4) is 0 Å². The van der Waals surface area contributed by atoms with Gasteiger partial charge in [0.05, 0.1) is 14.7 Å². The minimum atomic E-state index is -1.27. The number of carbonyl (C=O) groups excluding carboxylic acids is 1. The van der Waals surface area contributed by atoms with E-state index in [2.05, 4.69) is 26.2 Å². The van der Waals surface area contributed by atoms with Gasteiger partial charge in [0.15, 0.2) is 6.61 Å². The first kappa shape index (κ1) is 22.5. The standard InChI is InChI=1S/C24H17BrN2O5S/c25-17-5-1-3-7-20(17)32-16-11-9-15(10-12-16)13-19(23(29)30)26-22(28)14-31-24-27-18-6-2-4-8-21(18)33-24/h1-13H,14H2,(H,26,28)(H,29,30). The molecular weight excluding hydrogens is 508 g/mol. The van der Waals surface area contributed by atoms with E-state index in [1.165, 1.54) is 17.4 Å². The number of nitrogens with zero attached hydrogens (tertiary/aromatic N) is 1. The van der Waals surface area contributed by atoms with Crippen LogP contribution in [-0.2, 0) is 9.59 Å². The lowest BCUT2D eigenvalue weighted by Crippen LogP contribution is -2.31. The third kappa shape index (κ3) is 5.97. The monoisotopic (exact) mass is 524 g/mol. The number of amides is 1. The second-order valence-electron chi connectivity index (χ2n) is 6.75. The Hall–Kier alpha value is -3.69. The molecule has 0 aliphatic rings. The predicted molar refractivity (Wildman–Crippen MR) is 130 cm³/mol. The van der Waals surface area contributed by atoms with Crippen LogP contribution in [0.4, 0.5) is 0 Å². The number of carboxylic acids is 1. The molecule has 0 saturated carbocycles. The zero-order valence-corrected chi connectivity index (χ0v) is 19.4. The van der Waals surface area contributed by atoms with Gasteiger partial charge in [-0.25, -0.2) is 9.78 Å². The Morgan fingerprint density at radius 2 is 1.76 bits per heavy atom. The molecule has 7 nitrogen and oxygen atoms in total. The topological polar surface area (TPSA) is 97.8 Å². The van der Waals surface area contributed by atoms with Gasteiger partial charge in [0.1, 0.15) is 17.2 Å². The fourth-order valence-corrected chi connectivity index (χ4v) is 4.01. The lowest BCUT2D eigenvalue weighted by Gasteiger charge is -2.08. The fraction of sp³-hybridized carbons (Fsp3) is 0.0417. The number of nitrogens with one attached hydrogen (secondary N) is 1. The SMILES string of the molecule is O=C(COc1nc2ccccc2s1)NC(=Cc1ccc(Oc2ccccc2Br)cc1)C(=O)O. The summed E-state index contributed by atoms with van der Waals surface area (Å²) >= 11 is 4.73. The summed E-state index contributed by atoms with van der Waals surface area (Å²) in [6, 6.07) is 21.8. The number of ether oxygens (including phenoxy) is 2. The largest absolute Gasteiger partial charge is 0.477 e. The maximum absolute atomic E-state index is 12.2. The van der Waals surface area contributed by atoms with Crippen LogP contribution in [0.2, 0.25) is 0 Å². The zero-order valence-electron chi connectivity index (χ0n) is 17.0. The van der Waals surface area contributed by atoms with Gasteiger partial charge in [-0.2, -0.15) is 0 Å². The van der Waals surface area contributed by atoms with Gasteiger partial charge in [0.25, 0.3) is 11.1 Å².